The quantitative estimate of drug-likeness (QED) is 0.723. The molecule has 0 aliphatic rings. The van der Waals surface area contributed by atoms with E-state index in [2.05, 4.69) is 5.32 Å². The van der Waals surface area contributed by atoms with Crippen LogP contribution in [0.1, 0.15) is 34.1 Å². The van der Waals surface area contributed by atoms with Crippen LogP contribution in [-0.4, -0.2) is 23.6 Å². The molecule has 0 saturated heterocycles. The third-order valence-electron chi connectivity index (χ3n) is 1.31. The van der Waals surface area contributed by atoms with E-state index >= 15 is 0 Å². The minimum atomic E-state index is -0.440. The fourth-order valence-corrected chi connectivity index (χ4v) is 1.07. The van der Waals surface area contributed by atoms with Gasteiger partial charge in [0.1, 0.15) is 5.60 Å². The summed E-state index contributed by atoms with van der Waals surface area (Å²) in [5, 5.41) is 2.69. The topological polar surface area (TPSA) is 38.3 Å². The van der Waals surface area contributed by atoms with Gasteiger partial charge in [-0.2, -0.15) is 0 Å². The number of ether oxygens (including phenoxy) is 1. The Morgan fingerprint density at radius 1 is 1.54 bits per heavy atom. The molecule has 13 heavy (non-hydrogen) atoms. The molecule has 0 aliphatic heterocycles. The Kier molecular flexibility index (Phi) is 5.14. The molecule has 0 radical (unpaired) electrons. The summed E-state index contributed by atoms with van der Waals surface area (Å²) in [6.07, 6.45) is 0.367. The molecule has 0 bridgehead atoms. The number of carbonyl (C=O) groups is 1. The van der Waals surface area contributed by atoms with E-state index in [1.54, 1.807) is 0 Å². The lowest BCUT2D eigenvalue weighted by atomic mass is 10.2. The Morgan fingerprint density at radius 2 is 2.08 bits per heavy atom. The number of rotatable bonds is 3. The highest BCUT2D eigenvalue weighted by molar-refractivity contribution is 6.17. The lowest BCUT2D eigenvalue weighted by Gasteiger charge is -2.21. The summed E-state index contributed by atoms with van der Waals surface area (Å²) >= 11 is 5.52. The molecule has 1 atom stereocenters. The number of halogens is 1. The van der Waals surface area contributed by atoms with Gasteiger partial charge >= 0.3 is 6.09 Å². The molecule has 0 unspecified atom stereocenters. The van der Waals surface area contributed by atoms with Crippen LogP contribution < -0.4 is 5.32 Å². The van der Waals surface area contributed by atoms with Crippen LogP contribution in [0.3, 0.4) is 0 Å². The van der Waals surface area contributed by atoms with E-state index in [-0.39, 0.29) is 12.1 Å². The number of nitrogens with one attached hydrogen (secondary N) is 1. The van der Waals surface area contributed by atoms with Crippen LogP contribution >= 0.6 is 11.6 Å². The summed E-state index contributed by atoms with van der Waals surface area (Å²) in [5.74, 6) is 0.539. The first kappa shape index (κ1) is 12.6. The molecule has 4 heteroatoms. The van der Waals surface area contributed by atoms with Crippen LogP contribution in [0, 0.1) is 0 Å². The molecule has 3 nitrogen and oxygen atoms in total. The van der Waals surface area contributed by atoms with Crippen molar-refractivity contribution in [3.05, 3.63) is 0 Å². The molecule has 0 aromatic heterocycles. The zero-order valence-corrected chi connectivity index (χ0v) is 9.44. The second-order valence-corrected chi connectivity index (χ2v) is 4.40. The number of carbonyl (C=O) groups excluding carboxylic acids is 1. The standard InChI is InChI=1S/C9H18ClNO2/c1-7(5-6-10)11-8(12)13-9(2,3)4/h7H,5-6H2,1-4H3,(H,11,12)/t7-/m1/s1. The normalized spacial score (nSPS) is 13.6. The van der Waals surface area contributed by atoms with Crippen molar-refractivity contribution < 1.29 is 9.53 Å². The van der Waals surface area contributed by atoms with Crippen molar-refractivity contribution in [3.8, 4) is 0 Å². The van der Waals surface area contributed by atoms with Crippen molar-refractivity contribution in [2.24, 2.45) is 0 Å². The molecule has 0 fully saturated rings. The average Bonchev–Trinajstić information content (AvgIpc) is 1.81. The molecule has 0 aliphatic carbocycles. The molecule has 0 saturated carbocycles. The third kappa shape index (κ3) is 7.91. The summed E-state index contributed by atoms with van der Waals surface area (Å²) in [5.41, 5.74) is -0.440. The predicted octanol–water partition coefficient (Wildman–Crippen LogP) is 2.53. The van der Waals surface area contributed by atoms with Gasteiger partial charge < -0.3 is 10.1 Å². The highest BCUT2D eigenvalue weighted by Crippen LogP contribution is 2.07. The number of hydrogen-bond acceptors (Lipinski definition) is 2. The van der Waals surface area contributed by atoms with Gasteiger partial charge in [0, 0.05) is 11.9 Å². The molecule has 0 rings (SSSR count). The van der Waals surface area contributed by atoms with E-state index in [0.29, 0.717) is 5.88 Å². The Balaban J connectivity index is 3.74. The van der Waals surface area contributed by atoms with Gasteiger partial charge in [-0.05, 0) is 34.1 Å². The fourth-order valence-electron chi connectivity index (χ4n) is 0.745. The Bertz CT molecular complexity index is 165. The SMILES string of the molecule is C[C@H](CCCl)NC(=O)OC(C)(C)C. The molecule has 0 aromatic rings. The molecule has 1 amide bonds. The first-order chi connectivity index (χ1) is 5.85. The van der Waals surface area contributed by atoms with Crippen molar-refractivity contribution in [2.45, 2.75) is 45.8 Å². The third-order valence-corrected chi connectivity index (χ3v) is 1.52. The minimum absolute atomic E-state index is 0.0624. The zero-order chi connectivity index (χ0) is 10.5. The van der Waals surface area contributed by atoms with E-state index in [1.807, 2.05) is 27.7 Å². The fraction of sp³-hybridized carbons (Fsp3) is 0.889. The van der Waals surface area contributed by atoms with Crippen LogP contribution in [0.15, 0.2) is 0 Å². The van der Waals surface area contributed by atoms with Crippen molar-refractivity contribution >= 4 is 17.7 Å². The van der Waals surface area contributed by atoms with Crippen molar-refractivity contribution in [3.63, 3.8) is 0 Å². The first-order valence-electron chi connectivity index (χ1n) is 4.40. The monoisotopic (exact) mass is 207 g/mol. The number of alkyl carbamates (subject to hydrolysis) is 1. The summed E-state index contributed by atoms with van der Waals surface area (Å²) in [6, 6.07) is 0.0624. The molecule has 0 heterocycles. The van der Waals surface area contributed by atoms with Gasteiger partial charge in [0.25, 0.3) is 0 Å². The Morgan fingerprint density at radius 3 is 2.46 bits per heavy atom. The van der Waals surface area contributed by atoms with E-state index in [4.69, 9.17) is 16.3 Å². The lowest BCUT2D eigenvalue weighted by molar-refractivity contribution is 0.0508. The molecule has 1 N–H and O–H groups in total. The molecule has 0 spiro atoms. The van der Waals surface area contributed by atoms with E-state index in [9.17, 15) is 4.79 Å². The van der Waals surface area contributed by atoms with E-state index in [0.717, 1.165) is 6.42 Å². The number of hydrogen-bond donors (Lipinski definition) is 1. The van der Waals surface area contributed by atoms with Crippen LogP contribution in [0.4, 0.5) is 4.79 Å². The summed E-state index contributed by atoms with van der Waals surface area (Å²) in [4.78, 5) is 11.2. The van der Waals surface area contributed by atoms with E-state index in [1.165, 1.54) is 0 Å². The van der Waals surface area contributed by atoms with Crippen molar-refractivity contribution in [1.82, 2.24) is 5.32 Å². The lowest BCUT2D eigenvalue weighted by Crippen LogP contribution is -2.37. The van der Waals surface area contributed by atoms with Crippen molar-refractivity contribution in [2.75, 3.05) is 5.88 Å². The largest absolute Gasteiger partial charge is 0.444 e. The van der Waals surface area contributed by atoms with Gasteiger partial charge in [-0.1, -0.05) is 0 Å². The summed E-state index contributed by atoms with van der Waals surface area (Å²) in [7, 11) is 0. The van der Waals surface area contributed by atoms with Gasteiger partial charge in [0.15, 0.2) is 0 Å². The zero-order valence-electron chi connectivity index (χ0n) is 8.69. The smallest absolute Gasteiger partial charge is 0.407 e. The average molecular weight is 208 g/mol. The van der Waals surface area contributed by atoms with E-state index < -0.39 is 5.60 Å². The van der Waals surface area contributed by atoms with Gasteiger partial charge in [-0.15, -0.1) is 11.6 Å². The summed E-state index contributed by atoms with van der Waals surface area (Å²) in [6.45, 7) is 7.39. The molecule has 0 aromatic carbocycles. The van der Waals surface area contributed by atoms with Crippen LogP contribution in [0.2, 0.25) is 0 Å². The predicted molar refractivity (Wildman–Crippen MR) is 54.2 cm³/mol. The van der Waals surface area contributed by atoms with Gasteiger partial charge in [-0.25, -0.2) is 4.79 Å². The number of amides is 1. The Labute approximate surface area is 84.8 Å². The second kappa shape index (κ2) is 5.32. The highest BCUT2D eigenvalue weighted by atomic mass is 35.5. The maximum atomic E-state index is 11.2. The maximum absolute atomic E-state index is 11.2. The van der Waals surface area contributed by atoms with Crippen molar-refractivity contribution in [1.29, 1.82) is 0 Å². The number of alkyl halides is 1. The van der Waals surface area contributed by atoms with Crippen LogP contribution in [-0.2, 0) is 4.74 Å². The maximum Gasteiger partial charge on any atom is 0.407 e. The molecule has 78 valence electrons. The minimum Gasteiger partial charge on any atom is -0.444 e. The van der Waals surface area contributed by atoms with Gasteiger partial charge in [0.2, 0.25) is 0 Å². The van der Waals surface area contributed by atoms with Crippen LogP contribution in [0.25, 0.3) is 0 Å². The summed E-state index contributed by atoms with van der Waals surface area (Å²) < 4.78 is 5.06. The Hall–Kier alpha value is -0.440. The molecular weight excluding hydrogens is 190 g/mol. The second-order valence-electron chi connectivity index (χ2n) is 4.02. The van der Waals surface area contributed by atoms with Gasteiger partial charge in [0.05, 0.1) is 0 Å². The first-order valence-corrected chi connectivity index (χ1v) is 4.94. The molecular formula is C9H18ClNO2. The van der Waals surface area contributed by atoms with Gasteiger partial charge in [-0.3, -0.25) is 0 Å². The van der Waals surface area contributed by atoms with Crippen LogP contribution in [0.5, 0.6) is 0 Å². The highest BCUT2D eigenvalue weighted by Gasteiger charge is 2.17.